The molecule has 10 heteroatoms. The van der Waals surface area contributed by atoms with E-state index in [9.17, 15) is 19.1 Å². The fourth-order valence-corrected chi connectivity index (χ4v) is 8.77. The third-order valence-corrected chi connectivity index (χ3v) is 10.3. The Hall–Kier alpha value is -2.20. The van der Waals surface area contributed by atoms with Gasteiger partial charge in [0.2, 0.25) is 17.7 Å². The van der Waals surface area contributed by atoms with Crippen molar-refractivity contribution in [3.63, 3.8) is 0 Å². The molecular weight excluding hydrogens is 509 g/mol. The molecule has 4 aliphatic carbocycles. The summed E-state index contributed by atoms with van der Waals surface area (Å²) in [7, 11) is 0. The number of aliphatic hydroxyl groups excluding tert-OH is 1. The largest absolute Gasteiger partial charge is 0.478 e. The zero-order valence-corrected chi connectivity index (χ0v) is 21.7. The van der Waals surface area contributed by atoms with Gasteiger partial charge in [-0.25, -0.2) is 18.0 Å². The van der Waals surface area contributed by atoms with E-state index in [0.29, 0.717) is 12.0 Å². The van der Waals surface area contributed by atoms with E-state index >= 15 is 8.78 Å². The van der Waals surface area contributed by atoms with Crippen LogP contribution in [0.2, 0.25) is 0 Å². The van der Waals surface area contributed by atoms with E-state index in [0.717, 1.165) is 12.3 Å². The number of carbonyl (C=O) groups is 2. The van der Waals surface area contributed by atoms with Crippen molar-refractivity contribution in [3.05, 3.63) is 36.1 Å². The number of halogens is 3. The molecule has 0 aromatic carbocycles. The van der Waals surface area contributed by atoms with Crippen LogP contribution in [0.25, 0.3) is 0 Å². The van der Waals surface area contributed by atoms with E-state index in [1.807, 2.05) is 0 Å². The van der Waals surface area contributed by atoms with Crippen molar-refractivity contribution in [1.29, 1.82) is 0 Å². The van der Waals surface area contributed by atoms with Crippen LogP contribution in [0.1, 0.15) is 46.5 Å². The Morgan fingerprint density at radius 2 is 2.03 bits per heavy atom. The van der Waals surface area contributed by atoms with Gasteiger partial charge in [0.15, 0.2) is 11.3 Å². The minimum Gasteiger partial charge on any atom is -0.478 e. The summed E-state index contributed by atoms with van der Waals surface area (Å²) in [5.74, 6) is -3.84. The number of rotatable bonds is 4. The predicted octanol–water partition coefficient (Wildman–Crippen LogP) is 4.41. The zero-order chi connectivity index (χ0) is 27.0. The van der Waals surface area contributed by atoms with Crippen LogP contribution in [0.5, 0.6) is 0 Å². The molecule has 1 N–H and O–H groups in total. The van der Waals surface area contributed by atoms with Crippen LogP contribution in [-0.2, 0) is 23.8 Å². The SMILES string of the molecule is C[C@@H]1C[C@H]2[C@@H]3C[C@H](F)C4=CCC=C[C@]4(C)[C@@]3(F)[C@@H](O)C[C@]2(C)[C@@]1(OC(=O)C1OC=CC1=O)C(=S)OCF. The first-order valence-electron chi connectivity index (χ1n) is 12.6. The summed E-state index contributed by atoms with van der Waals surface area (Å²) < 4.78 is 62.6. The maximum atomic E-state index is 17.4. The van der Waals surface area contributed by atoms with E-state index in [1.54, 1.807) is 39.0 Å². The Morgan fingerprint density at radius 3 is 2.68 bits per heavy atom. The Morgan fingerprint density at radius 1 is 1.30 bits per heavy atom. The molecule has 1 aliphatic heterocycles. The van der Waals surface area contributed by atoms with Gasteiger partial charge in [0.25, 0.3) is 6.10 Å². The Balaban J connectivity index is 1.61. The van der Waals surface area contributed by atoms with Crippen molar-refractivity contribution in [2.45, 2.75) is 76.1 Å². The lowest BCUT2D eigenvalue weighted by molar-refractivity contribution is -0.224. The molecule has 202 valence electrons. The van der Waals surface area contributed by atoms with Gasteiger partial charge >= 0.3 is 5.97 Å². The highest BCUT2D eigenvalue weighted by Gasteiger charge is 2.78. The molecule has 0 spiro atoms. The monoisotopic (exact) mass is 540 g/mol. The number of fused-ring (bicyclic) bond motifs is 5. The van der Waals surface area contributed by atoms with Gasteiger partial charge in [-0.2, -0.15) is 0 Å². The van der Waals surface area contributed by atoms with Gasteiger partial charge in [-0.15, -0.1) is 0 Å². The number of thiocarbonyl (C=S) groups is 1. The molecule has 0 bridgehead atoms. The molecule has 0 aromatic heterocycles. The highest BCUT2D eigenvalue weighted by atomic mass is 32.1. The summed E-state index contributed by atoms with van der Waals surface area (Å²) in [5, 5.41) is 11.2. The summed E-state index contributed by atoms with van der Waals surface area (Å²) in [6.45, 7) is 3.74. The third-order valence-electron chi connectivity index (χ3n) is 9.88. The molecule has 1 unspecified atom stereocenters. The molecule has 0 amide bonds. The van der Waals surface area contributed by atoms with Gasteiger partial charge in [-0.1, -0.05) is 32.1 Å². The van der Waals surface area contributed by atoms with Crippen LogP contribution in [-0.4, -0.2) is 58.4 Å². The second kappa shape index (κ2) is 8.66. The zero-order valence-electron chi connectivity index (χ0n) is 20.9. The fourth-order valence-electron chi connectivity index (χ4n) is 8.25. The maximum Gasteiger partial charge on any atom is 0.356 e. The smallest absolute Gasteiger partial charge is 0.356 e. The maximum absolute atomic E-state index is 17.4. The Labute approximate surface area is 218 Å². The van der Waals surface area contributed by atoms with Crippen molar-refractivity contribution in [2.75, 3.05) is 6.86 Å². The molecule has 1 heterocycles. The van der Waals surface area contributed by atoms with Gasteiger partial charge in [0.05, 0.1) is 12.4 Å². The molecule has 3 saturated carbocycles. The number of ketones is 1. The third kappa shape index (κ3) is 3.23. The van der Waals surface area contributed by atoms with Crippen molar-refractivity contribution < 1.29 is 42.1 Å². The van der Waals surface area contributed by atoms with Crippen LogP contribution in [0.4, 0.5) is 13.2 Å². The van der Waals surface area contributed by atoms with Crippen LogP contribution in [0.15, 0.2) is 36.1 Å². The standard InChI is InChI=1S/C27H31F3O6S/c1-14-10-16-17-11-18(29)15-6-4-5-8-24(15,2)26(17,30)20(32)12-25(16,3)27(14,23(37)35-13-28)36-22(33)21-19(31)7-9-34-21/h5-9,14,16-18,20-21,32H,4,10-13H2,1-3H3/t14-,16+,17+,18+,20+,21?,24+,25+,26+,27+/m1/s1. The molecule has 10 atom stereocenters. The van der Waals surface area contributed by atoms with Crippen molar-refractivity contribution in [3.8, 4) is 0 Å². The molecule has 5 rings (SSSR count). The van der Waals surface area contributed by atoms with Gasteiger partial charge in [-0.05, 0) is 56.3 Å². The van der Waals surface area contributed by atoms with E-state index in [-0.39, 0.29) is 24.3 Å². The second-order valence-corrected chi connectivity index (χ2v) is 11.7. The summed E-state index contributed by atoms with van der Waals surface area (Å²) >= 11 is 5.47. The van der Waals surface area contributed by atoms with Crippen molar-refractivity contribution >= 4 is 29.0 Å². The normalized spacial score (nSPS) is 47.9. The molecule has 37 heavy (non-hydrogen) atoms. The van der Waals surface area contributed by atoms with E-state index < -0.39 is 76.8 Å². The molecule has 0 radical (unpaired) electrons. The molecular formula is C27H31F3O6S. The lowest BCUT2D eigenvalue weighted by Gasteiger charge is -2.63. The Bertz CT molecular complexity index is 1120. The number of aliphatic hydroxyl groups is 1. The number of carbonyl (C=O) groups excluding carboxylic acids is 2. The van der Waals surface area contributed by atoms with Gasteiger partial charge in [-0.3, -0.25) is 4.79 Å². The average molecular weight is 541 g/mol. The molecule has 6 nitrogen and oxygen atoms in total. The van der Waals surface area contributed by atoms with Crippen LogP contribution < -0.4 is 0 Å². The number of ether oxygens (including phenoxy) is 3. The molecule has 0 aromatic rings. The van der Waals surface area contributed by atoms with Crippen LogP contribution in [0.3, 0.4) is 0 Å². The highest BCUT2D eigenvalue weighted by Crippen LogP contribution is 2.71. The van der Waals surface area contributed by atoms with Gasteiger partial charge in [0, 0.05) is 28.7 Å². The van der Waals surface area contributed by atoms with E-state index in [1.165, 1.54) is 0 Å². The first kappa shape index (κ1) is 26.4. The topological polar surface area (TPSA) is 82.1 Å². The van der Waals surface area contributed by atoms with Crippen LogP contribution in [0, 0.1) is 28.6 Å². The quantitative estimate of drug-likeness (QED) is 0.245. The number of alkyl halides is 3. The lowest BCUT2D eigenvalue weighted by atomic mass is 9.44. The summed E-state index contributed by atoms with van der Waals surface area (Å²) in [6, 6.07) is 0. The van der Waals surface area contributed by atoms with Gasteiger partial charge < -0.3 is 19.3 Å². The fraction of sp³-hybridized carbons (Fsp3) is 0.667. The number of allylic oxidation sites excluding steroid dienone is 4. The summed E-state index contributed by atoms with van der Waals surface area (Å²) in [5.41, 5.74) is -6.26. The first-order chi connectivity index (χ1) is 17.4. The number of hydrogen-bond donors (Lipinski definition) is 1. The van der Waals surface area contributed by atoms with Crippen LogP contribution >= 0.6 is 12.2 Å². The molecule has 3 fully saturated rings. The highest BCUT2D eigenvalue weighted by molar-refractivity contribution is 7.80. The minimum absolute atomic E-state index is 0.162. The van der Waals surface area contributed by atoms with Crippen molar-refractivity contribution in [1.82, 2.24) is 0 Å². The summed E-state index contributed by atoms with van der Waals surface area (Å²) in [4.78, 5) is 25.3. The average Bonchev–Trinajstić information content (AvgIpc) is 3.36. The number of hydrogen-bond acceptors (Lipinski definition) is 7. The first-order valence-corrected chi connectivity index (χ1v) is 13.0. The molecule has 0 saturated heterocycles. The number of esters is 1. The van der Waals surface area contributed by atoms with E-state index in [4.69, 9.17) is 26.4 Å². The van der Waals surface area contributed by atoms with Crippen molar-refractivity contribution in [2.24, 2.45) is 28.6 Å². The predicted molar refractivity (Wildman–Crippen MR) is 130 cm³/mol. The lowest BCUT2D eigenvalue weighted by Crippen LogP contribution is -2.71. The summed E-state index contributed by atoms with van der Waals surface area (Å²) in [6.07, 6.45) is 3.12. The van der Waals surface area contributed by atoms with E-state index in [2.05, 4.69) is 0 Å². The van der Waals surface area contributed by atoms with Gasteiger partial charge in [0.1, 0.15) is 6.17 Å². The Kier molecular flexibility index (Phi) is 6.18. The second-order valence-electron chi connectivity index (χ2n) is 11.4. The molecule has 5 aliphatic rings. The minimum atomic E-state index is -2.20.